The van der Waals surface area contributed by atoms with Gasteiger partial charge in [-0.25, -0.2) is 0 Å². The lowest BCUT2D eigenvalue weighted by atomic mass is 9.79. The van der Waals surface area contributed by atoms with Crippen molar-refractivity contribution in [2.75, 3.05) is 11.1 Å². The molecular weight excluding hydrogens is 200 g/mol. The van der Waals surface area contributed by atoms with Crippen molar-refractivity contribution in [1.29, 1.82) is 0 Å². The van der Waals surface area contributed by atoms with Crippen molar-refractivity contribution in [3.63, 3.8) is 0 Å². The van der Waals surface area contributed by atoms with Crippen molar-refractivity contribution < 1.29 is 5.11 Å². The van der Waals surface area contributed by atoms with E-state index in [2.05, 4.69) is 26.1 Å². The molecule has 0 fully saturated rings. The molecular formula is C13H20N2O. The number of hydrogen-bond acceptors (Lipinski definition) is 3. The van der Waals surface area contributed by atoms with Crippen LogP contribution in [0.25, 0.3) is 0 Å². The van der Waals surface area contributed by atoms with Crippen LogP contribution in [0.4, 0.5) is 11.4 Å². The van der Waals surface area contributed by atoms with Gasteiger partial charge in [0.05, 0.1) is 12.1 Å². The summed E-state index contributed by atoms with van der Waals surface area (Å²) in [5.74, 6) is 0. The van der Waals surface area contributed by atoms with E-state index in [1.807, 2.05) is 18.2 Å². The van der Waals surface area contributed by atoms with Gasteiger partial charge in [0, 0.05) is 17.8 Å². The first-order valence-corrected chi connectivity index (χ1v) is 5.71. The van der Waals surface area contributed by atoms with Crippen LogP contribution >= 0.6 is 0 Å². The molecule has 16 heavy (non-hydrogen) atoms. The Labute approximate surface area is 96.7 Å². The number of rotatable bonds is 0. The number of benzene rings is 1. The minimum atomic E-state index is -0.353. The fourth-order valence-corrected chi connectivity index (χ4v) is 2.32. The third-order valence-electron chi connectivity index (χ3n) is 3.19. The predicted molar refractivity (Wildman–Crippen MR) is 67.4 cm³/mol. The fourth-order valence-electron chi connectivity index (χ4n) is 2.32. The number of anilines is 2. The van der Waals surface area contributed by atoms with Gasteiger partial charge in [-0.15, -0.1) is 0 Å². The van der Waals surface area contributed by atoms with Gasteiger partial charge >= 0.3 is 0 Å². The number of fused-ring (bicyclic) bond motifs is 1. The van der Waals surface area contributed by atoms with E-state index in [-0.39, 0.29) is 17.6 Å². The quantitative estimate of drug-likeness (QED) is 0.586. The summed E-state index contributed by atoms with van der Waals surface area (Å²) < 4.78 is 0. The second-order valence-corrected chi connectivity index (χ2v) is 5.68. The lowest BCUT2D eigenvalue weighted by Gasteiger charge is -2.40. The summed E-state index contributed by atoms with van der Waals surface area (Å²) in [6.45, 7) is 6.41. The summed E-state index contributed by atoms with van der Waals surface area (Å²) in [7, 11) is 0. The summed E-state index contributed by atoms with van der Waals surface area (Å²) in [5, 5.41) is 13.5. The summed E-state index contributed by atoms with van der Waals surface area (Å²) in [6, 6.07) is 5.91. The van der Waals surface area contributed by atoms with Crippen LogP contribution < -0.4 is 11.1 Å². The molecule has 1 aliphatic rings. The van der Waals surface area contributed by atoms with Crippen molar-refractivity contribution in [2.45, 2.75) is 39.3 Å². The third-order valence-corrected chi connectivity index (χ3v) is 3.19. The maximum absolute atomic E-state index is 10.1. The lowest BCUT2D eigenvalue weighted by molar-refractivity contribution is 0.0987. The second kappa shape index (κ2) is 3.67. The molecule has 0 spiro atoms. The van der Waals surface area contributed by atoms with E-state index < -0.39 is 0 Å². The first kappa shape index (κ1) is 11.3. The van der Waals surface area contributed by atoms with Crippen LogP contribution in [0, 0.1) is 5.41 Å². The van der Waals surface area contributed by atoms with Gasteiger partial charge in [0.15, 0.2) is 0 Å². The zero-order chi connectivity index (χ0) is 11.9. The molecule has 0 radical (unpaired) electrons. The molecule has 2 unspecified atom stereocenters. The van der Waals surface area contributed by atoms with Gasteiger partial charge in [0.25, 0.3) is 0 Å². The Morgan fingerprint density at radius 2 is 2.06 bits per heavy atom. The van der Waals surface area contributed by atoms with E-state index in [9.17, 15) is 5.11 Å². The van der Waals surface area contributed by atoms with Crippen molar-refractivity contribution >= 4 is 11.4 Å². The first-order chi connectivity index (χ1) is 7.38. The molecule has 0 saturated heterocycles. The monoisotopic (exact) mass is 220 g/mol. The van der Waals surface area contributed by atoms with Crippen LogP contribution in [-0.4, -0.2) is 17.3 Å². The number of nitrogens with two attached hydrogens (primary N) is 1. The van der Waals surface area contributed by atoms with E-state index >= 15 is 0 Å². The maximum atomic E-state index is 10.1. The summed E-state index contributed by atoms with van der Waals surface area (Å²) in [5.41, 5.74) is 8.73. The third kappa shape index (κ3) is 2.00. The lowest BCUT2D eigenvalue weighted by Crippen LogP contribution is -2.47. The Kier molecular flexibility index (Phi) is 2.58. The van der Waals surface area contributed by atoms with Crippen LogP contribution in [0.2, 0.25) is 0 Å². The van der Waals surface area contributed by atoms with Crippen LogP contribution in [0.5, 0.6) is 0 Å². The Balaban J connectivity index is 2.32. The number of hydrogen-bond donors (Lipinski definition) is 3. The van der Waals surface area contributed by atoms with Crippen molar-refractivity contribution in [2.24, 2.45) is 5.41 Å². The molecule has 0 saturated carbocycles. The van der Waals surface area contributed by atoms with Gasteiger partial charge in [-0.2, -0.15) is 0 Å². The normalized spacial score (nSPS) is 24.8. The molecule has 1 heterocycles. The topological polar surface area (TPSA) is 58.3 Å². The number of nitrogens with one attached hydrogen (secondary N) is 1. The molecule has 1 aromatic carbocycles. The van der Waals surface area contributed by atoms with Crippen molar-refractivity contribution in [3.05, 3.63) is 23.8 Å². The number of aliphatic hydroxyl groups excluding tert-OH is 1. The summed E-state index contributed by atoms with van der Waals surface area (Å²) >= 11 is 0. The van der Waals surface area contributed by atoms with Crippen LogP contribution in [0.15, 0.2) is 18.2 Å². The van der Waals surface area contributed by atoms with Crippen LogP contribution in [0.1, 0.15) is 26.3 Å². The van der Waals surface area contributed by atoms with Gasteiger partial charge in [-0.05, 0) is 29.2 Å². The maximum Gasteiger partial charge on any atom is 0.0787 e. The molecule has 0 amide bonds. The molecule has 4 N–H and O–H groups in total. The molecule has 0 aromatic heterocycles. The Hall–Kier alpha value is -1.22. The smallest absolute Gasteiger partial charge is 0.0787 e. The van der Waals surface area contributed by atoms with Gasteiger partial charge in [0.2, 0.25) is 0 Å². The molecule has 3 nitrogen and oxygen atoms in total. The van der Waals surface area contributed by atoms with Crippen molar-refractivity contribution in [3.8, 4) is 0 Å². The molecule has 0 bridgehead atoms. The highest BCUT2D eigenvalue weighted by molar-refractivity contribution is 5.60. The SMILES string of the molecule is CC(C)(C)C1Nc2ccc(N)cc2CC1O. The highest BCUT2D eigenvalue weighted by Crippen LogP contribution is 2.34. The van der Waals surface area contributed by atoms with Gasteiger partial charge in [0.1, 0.15) is 0 Å². The minimum absolute atomic E-state index is 0.0402. The highest BCUT2D eigenvalue weighted by Gasteiger charge is 2.34. The van der Waals surface area contributed by atoms with Crippen molar-refractivity contribution in [1.82, 2.24) is 0 Å². The molecule has 3 heteroatoms. The molecule has 1 aromatic rings. The first-order valence-electron chi connectivity index (χ1n) is 5.71. The zero-order valence-corrected chi connectivity index (χ0v) is 10.1. The average Bonchev–Trinajstić information content (AvgIpc) is 2.14. The zero-order valence-electron chi connectivity index (χ0n) is 10.1. The Morgan fingerprint density at radius 1 is 1.38 bits per heavy atom. The largest absolute Gasteiger partial charge is 0.399 e. The van der Waals surface area contributed by atoms with Crippen LogP contribution in [0.3, 0.4) is 0 Å². The molecule has 2 atom stereocenters. The standard InChI is InChI=1S/C13H20N2O/c1-13(2,3)12-11(16)7-8-6-9(14)4-5-10(8)15-12/h4-6,11-12,15-16H,7,14H2,1-3H3. The molecule has 2 rings (SSSR count). The number of nitrogen functional groups attached to an aromatic ring is 1. The van der Waals surface area contributed by atoms with Gasteiger partial charge < -0.3 is 16.2 Å². The second-order valence-electron chi connectivity index (χ2n) is 5.68. The van der Waals surface area contributed by atoms with E-state index in [0.29, 0.717) is 6.42 Å². The number of aliphatic hydroxyl groups is 1. The molecule has 88 valence electrons. The fraction of sp³-hybridized carbons (Fsp3) is 0.538. The molecule has 0 aliphatic carbocycles. The van der Waals surface area contributed by atoms with E-state index in [0.717, 1.165) is 16.9 Å². The molecule has 1 aliphatic heterocycles. The average molecular weight is 220 g/mol. The van der Waals surface area contributed by atoms with E-state index in [4.69, 9.17) is 5.73 Å². The highest BCUT2D eigenvalue weighted by atomic mass is 16.3. The Morgan fingerprint density at radius 3 is 2.69 bits per heavy atom. The van der Waals surface area contributed by atoms with E-state index in [1.54, 1.807) is 0 Å². The van der Waals surface area contributed by atoms with Gasteiger partial charge in [-0.1, -0.05) is 20.8 Å². The minimum Gasteiger partial charge on any atom is -0.399 e. The van der Waals surface area contributed by atoms with Gasteiger partial charge in [-0.3, -0.25) is 0 Å². The Bertz CT molecular complexity index is 395. The summed E-state index contributed by atoms with van der Waals surface area (Å²) in [4.78, 5) is 0. The van der Waals surface area contributed by atoms with Crippen LogP contribution in [-0.2, 0) is 6.42 Å². The predicted octanol–water partition coefficient (Wildman–Crippen LogP) is 2.01. The summed E-state index contributed by atoms with van der Waals surface area (Å²) in [6.07, 6.45) is 0.323. The van der Waals surface area contributed by atoms with E-state index in [1.165, 1.54) is 0 Å².